The van der Waals surface area contributed by atoms with Gasteiger partial charge in [0.05, 0.1) is 12.7 Å². The molecule has 5 heterocycles. The molecule has 250 valence electrons. The van der Waals surface area contributed by atoms with Crippen molar-refractivity contribution < 1.29 is 4.42 Å². The lowest BCUT2D eigenvalue weighted by molar-refractivity contribution is 0.408. The van der Waals surface area contributed by atoms with E-state index in [-0.39, 0.29) is 16.2 Å². The zero-order valence-corrected chi connectivity index (χ0v) is 31.8. The standard InChI is InChI=1S/C8H13N.C8H12S.C7H11NO.C6H10N2S.C5H10N4/c2*1-8(2,3)7-4-5-9-6-7;1-7(2,3)6-4-8-5-9-6;1-6(2,3)5-8-7-4-9-5;1-5(2,3)4-6-8-9-7-4/h4,6H,5H2,1-3H3;4-6H,1-3H3;4-5H,1-3H3;4H,1-3H3;1-3H3,(H,6,7,8,9). The predicted octanol–water partition coefficient (Wildman–Crippen LogP) is 9.39. The first-order valence-electron chi connectivity index (χ1n) is 15.2. The Labute approximate surface area is 279 Å². The lowest BCUT2D eigenvalue weighted by Gasteiger charge is -2.16. The molecule has 0 fully saturated rings. The second-order valence-corrected chi connectivity index (χ2v) is 17.4. The van der Waals surface area contributed by atoms with E-state index < -0.39 is 0 Å². The van der Waals surface area contributed by atoms with Crippen LogP contribution in [0.4, 0.5) is 0 Å². The van der Waals surface area contributed by atoms with Gasteiger partial charge in [-0.1, -0.05) is 115 Å². The fourth-order valence-electron chi connectivity index (χ4n) is 3.11. The van der Waals surface area contributed by atoms with Crippen molar-refractivity contribution in [3.8, 4) is 0 Å². The number of tetrazole rings is 1. The molecule has 0 unspecified atom stereocenters. The van der Waals surface area contributed by atoms with Crippen molar-refractivity contribution in [3.05, 3.63) is 68.7 Å². The average molecular weight is 657 g/mol. The van der Waals surface area contributed by atoms with E-state index in [9.17, 15) is 0 Å². The summed E-state index contributed by atoms with van der Waals surface area (Å²) >= 11 is 3.37. The van der Waals surface area contributed by atoms with Gasteiger partial charge in [-0.05, 0) is 38.8 Å². The maximum absolute atomic E-state index is 5.09. The summed E-state index contributed by atoms with van der Waals surface area (Å²) in [6, 6.07) is 2.19. The van der Waals surface area contributed by atoms with Gasteiger partial charge in [0.15, 0.2) is 12.2 Å². The number of hydrogen-bond acceptors (Lipinski definition) is 10. The molecule has 0 radical (unpaired) electrons. The highest BCUT2D eigenvalue weighted by molar-refractivity contribution is 7.09. The van der Waals surface area contributed by atoms with Gasteiger partial charge in [-0.3, -0.25) is 4.99 Å². The van der Waals surface area contributed by atoms with Gasteiger partial charge in [-0.2, -0.15) is 16.6 Å². The van der Waals surface area contributed by atoms with Crippen LogP contribution < -0.4 is 0 Å². The van der Waals surface area contributed by atoms with Gasteiger partial charge in [0, 0.05) is 22.5 Å². The third-order valence-corrected chi connectivity index (χ3v) is 7.89. The van der Waals surface area contributed by atoms with E-state index in [0.717, 1.165) is 23.1 Å². The molecule has 0 saturated heterocycles. The van der Waals surface area contributed by atoms with E-state index in [0.29, 0.717) is 10.8 Å². The maximum atomic E-state index is 5.09. The molecule has 4 aromatic heterocycles. The van der Waals surface area contributed by atoms with E-state index in [1.54, 1.807) is 34.4 Å². The van der Waals surface area contributed by atoms with Crippen molar-refractivity contribution >= 4 is 28.9 Å². The Bertz CT molecular complexity index is 1180. The van der Waals surface area contributed by atoms with Crippen LogP contribution in [-0.2, 0) is 21.7 Å². The average Bonchev–Trinajstić information content (AvgIpc) is 3.75. The minimum atomic E-state index is 0.00694. The van der Waals surface area contributed by atoms with Gasteiger partial charge in [-0.15, -0.1) is 31.7 Å². The molecule has 0 aliphatic carbocycles. The summed E-state index contributed by atoms with van der Waals surface area (Å²) in [7, 11) is 0. The van der Waals surface area contributed by atoms with Gasteiger partial charge in [0.25, 0.3) is 0 Å². The zero-order chi connectivity index (χ0) is 34.5. The van der Waals surface area contributed by atoms with Crippen LogP contribution in [0.3, 0.4) is 0 Å². The quantitative estimate of drug-likeness (QED) is 0.200. The molecule has 1 N–H and O–H groups in total. The smallest absolute Gasteiger partial charge is 0.180 e. The van der Waals surface area contributed by atoms with Gasteiger partial charge in [0.1, 0.15) is 16.3 Å². The molecule has 4 aromatic rings. The van der Waals surface area contributed by atoms with Crippen LogP contribution in [0.2, 0.25) is 0 Å². The Morgan fingerprint density at radius 2 is 1.44 bits per heavy atom. The Kier molecular flexibility index (Phi) is 15.1. The normalized spacial score (nSPS) is 13.2. The third kappa shape index (κ3) is 16.2. The first-order valence-corrected chi connectivity index (χ1v) is 17.0. The number of aromatic amines is 1. The molecule has 0 spiro atoms. The summed E-state index contributed by atoms with van der Waals surface area (Å²) < 4.78 is 5.09. The van der Waals surface area contributed by atoms with Crippen molar-refractivity contribution in [3.63, 3.8) is 0 Å². The SMILES string of the molecule is CC(C)(C)C1=CCN=C1.CC(C)(C)c1ccsc1.CC(C)(C)c1cnco1.CC(C)(C)c1nn[nH]n1.CC(C)(C)c1nncs1. The number of thiophene rings is 1. The van der Waals surface area contributed by atoms with Crippen LogP contribution in [0.5, 0.6) is 0 Å². The van der Waals surface area contributed by atoms with Gasteiger partial charge >= 0.3 is 0 Å². The number of nitrogens with one attached hydrogen (secondary N) is 1. The minimum absolute atomic E-state index is 0.00694. The molecule has 9 nitrogen and oxygen atoms in total. The Morgan fingerprint density at radius 3 is 1.67 bits per heavy atom. The summed E-state index contributed by atoms with van der Waals surface area (Å²) in [5.41, 5.74) is 5.46. The van der Waals surface area contributed by atoms with E-state index >= 15 is 0 Å². The predicted molar refractivity (Wildman–Crippen MR) is 191 cm³/mol. The van der Waals surface area contributed by atoms with Crippen LogP contribution in [0.25, 0.3) is 0 Å². The topological polar surface area (TPSA) is 119 Å². The molecule has 1 aliphatic heterocycles. The van der Waals surface area contributed by atoms with Crippen molar-refractivity contribution in [1.82, 2.24) is 35.8 Å². The Morgan fingerprint density at radius 1 is 0.778 bits per heavy atom. The fraction of sp³-hybridized carbons (Fsp3) is 0.618. The Balaban J connectivity index is 0.000000281. The number of rotatable bonds is 0. The van der Waals surface area contributed by atoms with Crippen molar-refractivity contribution in [2.24, 2.45) is 10.4 Å². The molecular weight excluding hydrogens is 601 g/mol. The zero-order valence-electron chi connectivity index (χ0n) is 30.2. The van der Waals surface area contributed by atoms with Gasteiger partial charge < -0.3 is 4.42 Å². The van der Waals surface area contributed by atoms with Crippen LogP contribution in [-0.4, -0.2) is 48.6 Å². The third-order valence-electron chi connectivity index (χ3n) is 6.09. The van der Waals surface area contributed by atoms with Crippen molar-refractivity contribution in [1.29, 1.82) is 0 Å². The summed E-state index contributed by atoms with van der Waals surface area (Å²) in [5, 5.41) is 26.7. The molecular formula is C34H56N8OS2. The lowest BCUT2D eigenvalue weighted by atomic mass is 9.88. The second-order valence-electron chi connectivity index (χ2n) is 15.8. The highest BCUT2D eigenvalue weighted by atomic mass is 32.1. The van der Waals surface area contributed by atoms with Crippen LogP contribution >= 0.6 is 22.7 Å². The maximum Gasteiger partial charge on any atom is 0.180 e. The second kappa shape index (κ2) is 17.0. The fourth-order valence-corrected chi connectivity index (χ4v) is 4.64. The molecule has 0 bridgehead atoms. The molecule has 0 atom stereocenters. The molecule has 45 heavy (non-hydrogen) atoms. The largest absolute Gasteiger partial charge is 0.448 e. The molecule has 11 heteroatoms. The summed E-state index contributed by atoms with van der Waals surface area (Å²) in [4.78, 5) is 7.94. The molecule has 0 amide bonds. The minimum Gasteiger partial charge on any atom is -0.448 e. The highest BCUT2D eigenvalue weighted by Crippen LogP contribution is 2.25. The molecule has 1 aliphatic rings. The first kappa shape index (κ1) is 40.0. The number of H-pyrrole nitrogens is 1. The van der Waals surface area contributed by atoms with E-state index in [2.05, 4.69) is 147 Å². The number of aliphatic imine (C=N–C) groups is 1. The monoisotopic (exact) mass is 656 g/mol. The van der Waals surface area contributed by atoms with Crippen LogP contribution in [0.15, 0.2) is 56.0 Å². The van der Waals surface area contributed by atoms with Crippen molar-refractivity contribution in [2.75, 3.05) is 6.54 Å². The Hall–Kier alpha value is -3.05. The number of aromatic nitrogens is 7. The van der Waals surface area contributed by atoms with E-state index in [1.165, 1.54) is 17.5 Å². The first-order chi connectivity index (χ1) is 20.5. The summed E-state index contributed by atoms with van der Waals surface area (Å²) in [5.74, 6) is 1.69. The van der Waals surface area contributed by atoms with Crippen LogP contribution in [0.1, 0.15) is 126 Å². The van der Waals surface area contributed by atoms with E-state index in [4.69, 9.17) is 4.42 Å². The summed E-state index contributed by atoms with van der Waals surface area (Å²) in [6.07, 6.45) is 7.36. The van der Waals surface area contributed by atoms with Gasteiger partial charge in [-0.25, -0.2) is 4.98 Å². The number of hydrogen-bond donors (Lipinski definition) is 1. The summed E-state index contributed by atoms with van der Waals surface area (Å²) in [6.45, 7) is 33.0. The molecule has 0 aromatic carbocycles. The molecule has 5 rings (SSSR count). The molecule has 0 saturated carbocycles. The highest BCUT2D eigenvalue weighted by Gasteiger charge is 2.19. The number of nitrogens with zero attached hydrogens (tertiary/aromatic N) is 7. The lowest BCUT2D eigenvalue weighted by Crippen LogP contribution is -2.13. The van der Waals surface area contributed by atoms with Crippen LogP contribution in [0, 0.1) is 5.41 Å². The van der Waals surface area contributed by atoms with E-state index in [1.807, 2.05) is 27.0 Å². The number of oxazole rings is 1. The van der Waals surface area contributed by atoms with Gasteiger partial charge in [0.2, 0.25) is 0 Å². The van der Waals surface area contributed by atoms with Crippen molar-refractivity contribution in [2.45, 2.75) is 126 Å². The number of allylic oxidation sites excluding steroid dienone is 1.